The molecule has 0 radical (unpaired) electrons. The summed E-state index contributed by atoms with van der Waals surface area (Å²) < 4.78 is 0. The predicted octanol–water partition coefficient (Wildman–Crippen LogP) is 3.00. The normalized spacial score (nSPS) is 24.5. The molecule has 2 aliphatic rings. The summed E-state index contributed by atoms with van der Waals surface area (Å²) in [6.45, 7) is 6.14. The molecule has 0 amide bonds. The van der Waals surface area contributed by atoms with Crippen LogP contribution in [0.1, 0.15) is 69.7 Å². The average molecular weight is 332 g/mol. The molecule has 0 spiro atoms. The molecule has 2 unspecified atom stereocenters. The summed E-state index contributed by atoms with van der Waals surface area (Å²) in [5.74, 6) is 1.39. The number of aliphatic hydroxyl groups excluding tert-OH is 1. The number of ketones is 1. The van der Waals surface area contributed by atoms with Gasteiger partial charge in [-0.25, -0.2) is 4.98 Å². The molecule has 2 aliphatic carbocycles. The van der Waals surface area contributed by atoms with Crippen molar-refractivity contribution in [3.63, 3.8) is 0 Å². The molecule has 3 rings (SSSR count). The second kappa shape index (κ2) is 6.67. The summed E-state index contributed by atoms with van der Waals surface area (Å²) in [6.07, 6.45) is 6.82. The van der Waals surface area contributed by atoms with E-state index in [4.69, 9.17) is 0 Å². The Morgan fingerprint density at radius 2 is 2.00 bits per heavy atom. The molecule has 0 aliphatic heterocycles. The Morgan fingerprint density at radius 3 is 2.62 bits per heavy atom. The van der Waals surface area contributed by atoms with Crippen LogP contribution in [0.5, 0.6) is 0 Å². The Morgan fingerprint density at radius 1 is 1.25 bits per heavy atom. The molecule has 6 nitrogen and oxygen atoms in total. The molecule has 2 saturated carbocycles. The standard InChI is InChI=1S/C18H28N4O2/c1-18(2,3)22-17-19-10-14(15(24)11-7-8-11)16(21-17)20-12-5-4-6-13(23)9-12/h10-13,23H,4-9H2,1-3H3,(H2,19,20,21,22). The summed E-state index contributed by atoms with van der Waals surface area (Å²) in [6, 6.07) is 0.150. The number of carbonyl (C=O) groups is 1. The van der Waals surface area contributed by atoms with Crippen LogP contribution in [0, 0.1) is 5.92 Å². The van der Waals surface area contributed by atoms with Gasteiger partial charge in [0.05, 0.1) is 11.7 Å². The Hall–Kier alpha value is -1.69. The highest BCUT2D eigenvalue weighted by Crippen LogP contribution is 2.35. The fourth-order valence-electron chi connectivity index (χ4n) is 3.12. The number of Topliss-reactive ketones (excluding diaryl/α,β-unsaturated/α-hetero) is 1. The zero-order chi connectivity index (χ0) is 17.3. The van der Waals surface area contributed by atoms with Crippen LogP contribution in [0.15, 0.2) is 6.20 Å². The minimum atomic E-state index is -0.271. The van der Waals surface area contributed by atoms with Crippen molar-refractivity contribution >= 4 is 17.5 Å². The van der Waals surface area contributed by atoms with Gasteiger partial charge in [0.15, 0.2) is 5.78 Å². The van der Waals surface area contributed by atoms with Crippen molar-refractivity contribution in [3.8, 4) is 0 Å². The summed E-state index contributed by atoms with van der Waals surface area (Å²) in [4.78, 5) is 21.4. The van der Waals surface area contributed by atoms with Crippen LogP contribution in [0.4, 0.5) is 11.8 Å². The highest BCUT2D eigenvalue weighted by molar-refractivity contribution is 6.03. The first-order chi connectivity index (χ1) is 11.3. The minimum absolute atomic E-state index is 0.132. The van der Waals surface area contributed by atoms with E-state index in [9.17, 15) is 9.90 Å². The highest BCUT2D eigenvalue weighted by atomic mass is 16.3. The number of nitrogens with one attached hydrogen (secondary N) is 2. The maximum Gasteiger partial charge on any atom is 0.225 e. The molecular weight excluding hydrogens is 304 g/mol. The second-order valence-electron chi connectivity index (χ2n) is 8.13. The molecule has 24 heavy (non-hydrogen) atoms. The van der Waals surface area contributed by atoms with Crippen molar-refractivity contribution in [1.82, 2.24) is 9.97 Å². The molecule has 6 heteroatoms. The number of aliphatic hydroxyl groups is 1. The second-order valence-corrected chi connectivity index (χ2v) is 8.13. The van der Waals surface area contributed by atoms with Crippen molar-refractivity contribution in [3.05, 3.63) is 11.8 Å². The van der Waals surface area contributed by atoms with Crippen molar-refractivity contribution in [2.24, 2.45) is 5.92 Å². The van der Waals surface area contributed by atoms with Crippen LogP contribution in [-0.4, -0.2) is 38.5 Å². The fraction of sp³-hybridized carbons (Fsp3) is 0.722. The quantitative estimate of drug-likeness (QED) is 0.719. The SMILES string of the molecule is CC(C)(C)Nc1ncc(C(=O)C2CC2)c(NC2CCCC(O)C2)n1. The van der Waals surface area contributed by atoms with E-state index < -0.39 is 0 Å². The lowest BCUT2D eigenvalue weighted by atomic mass is 9.93. The number of anilines is 2. The molecule has 0 aromatic carbocycles. The Balaban J connectivity index is 1.83. The van der Waals surface area contributed by atoms with Gasteiger partial charge in [-0.3, -0.25) is 4.79 Å². The smallest absolute Gasteiger partial charge is 0.225 e. The number of rotatable bonds is 5. The van der Waals surface area contributed by atoms with Crippen LogP contribution in [-0.2, 0) is 0 Å². The van der Waals surface area contributed by atoms with Gasteiger partial charge in [-0.1, -0.05) is 0 Å². The molecule has 2 fully saturated rings. The first-order valence-electron chi connectivity index (χ1n) is 8.96. The summed E-state index contributed by atoms with van der Waals surface area (Å²) in [7, 11) is 0. The van der Waals surface area contributed by atoms with E-state index in [-0.39, 0.29) is 29.4 Å². The van der Waals surface area contributed by atoms with E-state index >= 15 is 0 Å². The van der Waals surface area contributed by atoms with Crippen molar-refractivity contribution in [1.29, 1.82) is 0 Å². The molecule has 0 saturated heterocycles. The minimum Gasteiger partial charge on any atom is -0.393 e. The van der Waals surface area contributed by atoms with Gasteiger partial charge >= 0.3 is 0 Å². The lowest BCUT2D eigenvalue weighted by Gasteiger charge is -2.28. The zero-order valence-electron chi connectivity index (χ0n) is 14.8. The van der Waals surface area contributed by atoms with Crippen molar-refractivity contribution < 1.29 is 9.90 Å². The maximum atomic E-state index is 12.5. The molecule has 3 N–H and O–H groups in total. The van der Waals surface area contributed by atoms with Gasteiger partial charge < -0.3 is 15.7 Å². The first-order valence-corrected chi connectivity index (χ1v) is 8.96. The van der Waals surface area contributed by atoms with E-state index in [0.717, 1.165) is 32.1 Å². The zero-order valence-corrected chi connectivity index (χ0v) is 14.8. The third-order valence-corrected chi connectivity index (χ3v) is 4.48. The fourth-order valence-corrected chi connectivity index (χ4v) is 3.12. The van der Waals surface area contributed by atoms with Gasteiger partial charge in [-0.15, -0.1) is 0 Å². The van der Waals surface area contributed by atoms with Crippen LogP contribution in [0.25, 0.3) is 0 Å². The maximum absolute atomic E-state index is 12.5. The van der Waals surface area contributed by atoms with Gasteiger partial charge in [-0.2, -0.15) is 4.98 Å². The Labute approximate surface area is 143 Å². The number of nitrogens with zero attached hydrogens (tertiary/aromatic N) is 2. The van der Waals surface area contributed by atoms with Gasteiger partial charge in [0, 0.05) is 23.7 Å². The molecular formula is C18H28N4O2. The molecule has 1 aromatic rings. The van der Waals surface area contributed by atoms with E-state index in [1.807, 2.05) is 20.8 Å². The molecule has 132 valence electrons. The summed E-state index contributed by atoms with van der Waals surface area (Å²) in [5.41, 5.74) is 0.428. The van der Waals surface area contributed by atoms with E-state index in [2.05, 4.69) is 20.6 Å². The summed E-state index contributed by atoms with van der Waals surface area (Å²) >= 11 is 0. The number of hydrogen-bond acceptors (Lipinski definition) is 6. The van der Waals surface area contributed by atoms with E-state index in [1.165, 1.54) is 0 Å². The van der Waals surface area contributed by atoms with Crippen LogP contribution in [0.3, 0.4) is 0 Å². The largest absolute Gasteiger partial charge is 0.393 e. The summed E-state index contributed by atoms with van der Waals surface area (Å²) in [5, 5.41) is 16.5. The molecule has 0 bridgehead atoms. The van der Waals surface area contributed by atoms with Crippen LogP contribution in [0.2, 0.25) is 0 Å². The van der Waals surface area contributed by atoms with Gasteiger partial charge in [0.1, 0.15) is 5.82 Å². The first kappa shape index (κ1) is 17.1. The number of hydrogen-bond donors (Lipinski definition) is 3. The topological polar surface area (TPSA) is 87.1 Å². The van der Waals surface area contributed by atoms with Crippen molar-refractivity contribution in [2.45, 2.75) is 77.0 Å². The highest BCUT2D eigenvalue weighted by Gasteiger charge is 2.33. The van der Waals surface area contributed by atoms with Crippen molar-refractivity contribution in [2.75, 3.05) is 10.6 Å². The number of carbonyl (C=O) groups excluding carboxylic acids is 1. The third-order valence-electron chi connectivity index (χ3n) is 4.48. The van der Waals surface area contributed by atoms with Gasteiger partial charge in [0.25, 0.3) is 0 Å². The van der Waals surface area contributed by atoms with E-state index in [0.29, 0.717) is 23.8 Å². The Kier molecular flexibility index (Phi) is 4.76. The monoisotopic (exact) mass is 332 g/mol. The third kappa shape index (κ3) is 4.44. The molecule has 2 atom stereocenters. The predicted molar refractivity (Wildman–Crippen MR) is 94.3 cm³/mol. The van der Waals surface area contributed by atoms with Gasteiger partial charge in [-0.05, 0) is 59.3 Å². The van der Waals surface area contributed by atoms with Crippen LogP contribution >= 0.6 is 0 Å². The van der Waals surface area contributed by atoms with Crippen LogP contribution < -0.4 is 10.6 Å². The lowest BCUT2D eigenvalue weighted by Crippen LogP contribution is -2.32. The molecule has 1 heterocycles. The van der Waals surface area contributed by atoms with E-state index in [1.54, 1.807) is 6.20 Å². The lowest BCUT2D eigenvalue weighted by molar-refractivity contribution is 0.0967. The Bertz CT molecular complexity index is 608. The van der Waals surface area contributed by atoms with Gasteiger partial charge in [0.2, 0.25) is 5.95 Å². The number of aromatic nitrogens is 2. The average Bonchev–Trinajstić information content (AvgIpc) is 3.30. The molecule has 1 aromatic heterocycles.